The predicted octanol–water partition coefficient (Wildman–Crippen LogP) is 1.36. The highest BCUT2D eigenvalue weighted by molar-refractivity contribution is 5.73. The molecule has 0 aromatic rings. The molecule has 0 aromatic heterocycles. The van der Waals surface area contributed by atoms with E-state index in [4.69, 9.17) is 9.84 Å². The molecule has 1 heterocycles. The summed E-state index contributed by atoms with van der Waals surface area (Å²) in [5, 5.41) is 8.93. The van der Waals surface area contributed by atoms with Crippen molar-refractivity contribution < 1.29 is 19.1 Å². The Morgan fingerprint density at radius 2 is 2.07 bits per heavy atom. The SMILES string of the molecule is CC[C@H]1O[C@@H](C(=O)O)C(NF)[C@@H](C)C1C. The lowest BCUT2D eigenvalue weighted by Gasteiger charge is -2.41. The first kappa shape index (κ1) is 12.4. The fraction of sp³-hybridized carbons (Fsp3) is 0.900. The van der Waals surface area contributed by atoms with Crippen LogP contribution in [-0.4, -0.2) is 29.3 Å². The minimum absolute atomic E-state index is 0.0604. The summed E-state index contributed by atoms with van der Waals surface area (Å²) in [5.74, 6) is -1.02. The van der Waals surface area contributed by atoms with Gasteiger partial charge in [-0.15, -0.1) is 4.48 Å². The Balaban J connectivity index is 2.84. The number of nitrogens with one attached hydrogen (secondary N) is 1. The maximum absolute atomic E-state index is 12.6. The van der Waals surface area contributed by atoms with Crippen LogP contribution in [0.2, 0.25) is 0 Å². The van der Waals surface area contributed by atoms with Gasteiger partial charge in [-0.2, -0.15) is 5.54 Å². The second-order valence-corrected chi connectivity index (χ2v) is 4.19. The van der Waals surface area contributed by atoms with E-state index in [2.05, 4.69) is 0 Å². The lowest BCUT2D eigenvalue weighted by molar-refractivity contribution is -0.177. The Kier molecular flexibility index (Phi) is 4.04. The number of carbonyl (C=O) groups is 1. The third-order valence-corrected chi connectivity index (χ3v) is 3.40. The minimum atomic E-state index is -1.11. The van der Waals surface area contributed by atoms with Crippen LogP contribution in [-0.2, 0) is 9.53 Å². The molecule has 1 fully saturated rings. The van der Waals surface area contributed by atoms with Crippen LogP contribution in [0.4, 0.5) is 4.48 Å². The van der Waals surface area contributed by atoms with Gasteiger partial charge < -0.3 is 9.84 Å². The molecule has 0 bridgehead atoms. The Morgan fingerprint density at radius 3 is 2.47 bits per heavy atom. The van der Waals surface area contributed by atoms with Crippen LogP contribution in [0.5, 0.6) is 0 Å². The van der Waals surface area contributed by atoms with Crippen molar-refractivity contribution >= 4 is 5.97 Å². The number of aliphatic carboxylic acids is 1. The van der Waals surface area contributed by atoms with Gasteiger partial charge in [0, 0.05) is 0 Å². The molecule has 1 rings (SSSR count). The quantitative estimate of drug-likeness (QED) is 0.704. The molecule has 0 aliphatic carbocycles. The lowest BCUT2D eigenvalue weighted by atomic mass is 9.79. The summed E-state index contributed by atoms with van der Waals surface area (Å²) in [7, 11) is 0. The first-order valence-corrected chi connectivity index (χ1v) is 5.27. The predicted molar refractivity (Wildman–Crippen MR) is 52.9 cm³/mol. The molecule has 0 spiro atoms. The maximum Gasteiger partial charge on any atom is 0.334 e. The van der Waals surface area contributed by atoms with Crippen molar-refractivity contribution in [2.24, 2.45) is 11.8 Å². The lowest BCUT2D eigenvalue weighted by Crippen LogP contribution is -2.56. The fourth-order valence-corrected chi connectivity index (χ4v) is 2.17. The van der Waals surface area contributed by atoms with Crippen molar-refractivity contribution in [1.29, 1.82) is 0 Å². The van der Waals surface area contributed by atoms with Crippen LogP contribution in [0.1, 0.15) is 27.2 Å². The summed E-state index contributed by atoms with van der Waals surface area (Å²) in [6.07, 6.45) is -0.453. The highest BCUT2D eigenvalue weighted by Crippen LogP contribution is 2.32. The molecule has 0 aromatic carbocycles. The molecule has 88 valence electrons. The molecule has 0 amide bonds. The van der Waals surface area contributed by atoms with Crippen LogP contribution in [0.3, 0.4) is 0 Å². The van der Waals surface area contributed by atoms with Gasteiger partial charge in [0.25, 0.3) is 0 Å². The van der Waals surface area contributed by atoms with Gasteiger partial charge >= 0.3 is 5.97 Å². The molecule has 2 N–H and O–H groups in total. The summed E-state index contributed by atoms with van der Waals surface area (Å²) < 4.78 is 17.9. The first-order valence-electron chi connectivity index (χ1n) is 5.27. The van der Waals surface area contributed by atoms with Crippen LogP contribution in [0.15, 0.2) is 0 Å². The van der Waals surface area contributed by atoms with Crippen molar-refractivity contribution in [3.05, 3.63) is 0 Å². The summed E-state index contributed by atoms with van der Waals surface area (Å²) in [4.78, 5) is 10.9. The monoisotopic (exact) mass is 219 g/mol. The molecular weight excluding hydrogens is 201 g/mol. The van der Waals surface area contributed by atoms with Crippen molar-refractivity contribution in [2.45, 2.75) is 45.4 Å². The standard InChI is InChI=1S/C10H18FNO3/c1-4-7-5(2)6(3)8(12-11)9(15-7)10(13)14/h5-9,12H,4H2,1-3H3,(H,13,14)/t5?,6-,7+,8?,9+/m0/s1. The zero-order valence-corrected chi connectivity index (χ0v) is 9.24. The van der Waals surface area contributed by atoms with Gasteiger partial charge in [-0.25, -0.2) is 4.79 Å². The first-order chi connectivity index (χ1) is 7.02. The highest BCUT2D eigenvalue weighted by Gasteiger charge is 2.44. The number of carboxylic acids is 1. The molecule has 4 nitrogen and oxygen atoms in total. The second-order valence-electron chi connectivity index (χ2n) is 4.19. The third kappa shape index (κ3) is 2.29. The van der Waals surface area contributed by atoms with E-state index in [0.29, 0.717) is 0 Å². The number of ether oxygens (including phenoxy) is 1. The number of hydrogen-bond acceptors (Lipinski definition) is 3. The van der Waals surface area contributed by atoms with Crippen molar-refractivity contribution in [1.82, 2.24) is 5.54 Å². The Morgan fingerprint density at radius 1 is 1.47 bits per heavy atom. The van der Waals surface area contributed by atoms with E-state index in [0.717, 1.165) is 6.42 Å². The maximum atomic E-state index is 12.6. The molecule has 0 saturated carbocycles. The van der Waals surface area contributed by atoms with E-state index in [1.807, 2.05) is 20.8 Å². The Bertz CT molecular complexity index is 237. The average molecular weight is 219 g/mol. The van der Waals surface area contributed by atoms with E-state index in [-0.39, 0.29) is 17.9 Å². The second kappa shape index (κ2) is 4.90. The molecular formula is C10H18FNO3. The molecule has 2 unspecified atom stereocenters. The van der Waals surface area contributed by atoms with Crippen molar-refractivity contribution in [2.75, 3.05) is 0 Å². The molecule has 5 atom stereocenters. The van der Waals surface area contributed by atoms with Gasteiger partial charge in [0.15, 0.2) is 6.10 Å². The average Bonchev–Trinajstić information content (AvgIpc) is 2.21. The summed E-state index contributed by atoms with van der Waals surface area (Å²) in [6.45, 7) is 5.75. The zero-order valence-electron chi connectivity index (χ0n) is 9.24. The van der Waals surface area contributed by atoms with Crippen molar-refractivity contribution in [3.8, 4) is 0 Å². The zero-order chi connectivity index (χ0) is 11.6. The summed E-state index contributed by atoms with van der Waals surface area (Å²) >= 11 is 0. The van der Waals surface area contributed by atoms with Crippen molar-refractivity contribution in [3.63, 3.8) is 0 Å². The summed E-state index contributed by atoms with van der Waals surface area (Å²) in [5.41, 5.74) is 1.55. The molecule has 1 aliphatic rings. The Hall–Kier alpha value is -0.680. The van der Waals surface area contributed by atoms with Gasteiger partial charge in [-0.1, -0.05) is 20.8 Å². The summed E-state index contributed by atoms with van der Waals surface area (Å²) in [6, 6.07) is -0.764. The topological polar surface area (TPSA) is 58.6 Å². The fourth-order valence-electron chi connectivity index (χ4n) is 2.17. The van der Waals surface area contributed by atoms with E-state index < -0.39 is 18.1 Å². The molecule has 1 aliphatic heterocycles. The van der Waals surface area contributed by atoms with Gasteiger partial charge in [0.2, 0.25) is 0 Å². The van der Waals surface area contributed by atoms with Gasteiger partial charge in [-0.3, -0.25) is 0 Å². The van der Waals surface area contributed by atoms with E-state index >= 15 is 0 Å². The molecule has 15 heavy (non-hydrogen) atoms. The van der Waals surface area contributed by atoms with E-state index in [1.165, 1.54) is 0 Å². The normalized spacial score (nSPS) is 41.5. The highest BCUT2D eigenvalue weighted by atomic mass is 19.2. The number of carboxylic acid groups (broad SMARTS) is 1. The smallest absolute Gasteiger partial charge is 0.334 e. The minimum Gasteiger partial charge on any atom is -0.479 e. The van der Waals surface area contributed by atoms with Gasteiger partial charge in [-0.05, 0) is 18.3 Å². The number of halogens is 1. The number of rotatable bonds is 3. The van der Waals surface area contributed by atoms with Gasteiger partial charge in [0.05, 0.1) is 12.1 Å². The van der Waals surface area contributed by atoms with Crippen LogP contribution in [0.25, 0.3) is 0 Å². The molecule has 5 heteroatoms. The Labute approximate surface area is 88.7 Å². The number of hydrogen-bond donors (Lipinski definition) is 2. The van der Waals surface area contributed by atoms with Crippen LogP contribution in [0, 0.1) is 11.8 Å². The van der Waals surface area contributed by atoms with E-state index in [9.17, 15) is 9.28 Å². The molecule has 1 saturated heterocycles. The largest absolute Gasteiger partial charge is 0.479 e. The van der Waals surface area contributed by atoms with Crippen LogP contribution >= 0.6 is 0 Å². The van der Waals surface area contributed by atoms with Gasteiger partial charge in [0.1, 0.15) is 0 Å². The molecule has 0 radical (unpaired) electrons. The van der Waals surface area contributed by atoms with Crippen LogP contribution < -0.4 is 5.54 Å². The van der Waals surface area contributed by atoms with E-state index in [1.54, 1.807) is 5.54 Å². The third-order valence-electron chi connectivity index (χ3n) is 3.40.